The monoisotopic (exact) mass is 258 g/mol. The minimum absolute atomic E-state index is 0.0954. The highest BCUT2D eigenvalue weighted by Crippen LogP contribution is 2.27. The number of hydrogen-bond donors (Lipinski definition) is 0. The molecule has 19 heavy (non-hydrogen) atoms. The Kier molecular flexibility index (Phi) is 3.01. The number of benzene rings is 1. The third kappa shape index (κ3) is 2.01. The van der Waals surface area contributed by atoms with Crippen molar-refractivity contribution >= 4 is 11.8 Å². The Morgan fingerprint density at radius 2 is 1.89 bits per heavy atom. The Hall–Kier alpha value is -1.84. The predicted octanol–water partition coefficient (Wildman–Crippen LogP) is 1.06. The van der Waals surface area contributed by atoms with Gasteiger partial charge in [0, 0.05) is 20.0 Å². The number of piperazine rings is 1. The zero-order valence-corrected chi connectivity index (χ0v) is 11.1. The average Bonchev–Trinajstić information content (AvgIpc) is 2.92. The molecule has 2 saturated heterocycles. The molecule has 2 heterocycles. The van der Waals surface area contributed by atoms with Gasteiger partial charge in [0.2, 0.25) is 11.8 Å². The Bertz CT molecular complexity index is 500. The van der Waals surface area contributed by atoms with Crippen LogP contribution in [0.5, 0.6) is 0 Å². The van der Waals surface area contributed by atoms with Crippen molar-refractivity contribution in [3.63, 3.8) is 0 Å². The van der Waals surface area contributed by atoms with Crippen molar-refractivity contribution in [2.45, 2.75) is 31.3 Å². The van der Waals surface area contributed by atoms with E-state index in [0.29, 0.717) is 6.42 Å². The largest absolute Gasteiger partial charge is 0.332 e. The molecule has 3 rings (SSSR count). The first-order valence-electron chi connectivity index (χ1n) is 6.79. The molecule has 2 fully saturated rings. The quantitative estimate of drug-likeness (QED) is 0.796. The van der Waals surface area contributed by atoms with Gasteiger partial charge in [0.15, 0.2) is 0 Å². The molecule has 0 spiro atoms. The van der Waals surface area contributed by atoms with E-state index in [1.54, 1.807) is 16.8 Å². The van der Waals surface area contributed by atoms with Gasteiger partial charge in [-0.1, -0.05) is 30.3 Å². The molecule has 2 atom stereocenters. The summed E-state index contributed by atoms with van der Waals surface area (Å²) in [5, 5.41) is 0. The number of amides is 2. The normalized spacial score (nSPS) is 26.8. The van der Waals surface area contributed by atoms with Gasteiger partial charge in [0.1, 0.15) is 12.1 Å². The molecule has 1 aromatic carbocycles. The Balaban J connectivity index is 1.84. The zero-order chi connectivity index (χ0) is 13.4. The topological polar surface area (TPSA) is 40.6 Å². The third-order valence-electron chi connectivity index (χ3n) is 4.19. The van der Waals surface area contributed by atoms with Crippen molar-refractivity contribution in [3.8, 4) is 0 Å². The molecule has 1 aromatic rings. The summed E-state index contributed by atoms with van der Waals surface area (Å²) in [6, 6.07) is 9.33. The summed E-state index contributed by atoms with van der Waals surface area (Å²) in [5.74, 6) is 0.200. The van der Waals surface area contributed by atoms with E-state index in [9.17, 15) is 9.59 Å². The van der Waals surface area contributed by atoms with Crippen molar-refractivity contribution < 1.29 is 9.59 Å². The molecule has 2 amide bonds. The maximum atomic E-state index is 12.5. The summed E-state index contributed by atoms with van der Waals surface area (Å²) >= 11 is 0. The molecule has 0 N–H and O–H groups in total. The lowest BCUT2D eigenvalue weighted by Crippen LogP contribution is -2.62. The molecule has 0 bridgehead atoms. The number of rotatable bonds is 2. The fraction of sp³-hybridized carbons (Fsp3) is 0.467. The van der Waals surface area contributed by atoms with Gasteiger partial charge >= 0.3 is 0 Å². The van der Waals surface area contributed by atoms with Gasteiger partial charge < -0.3 is 9.80 Å². The first kappa shape index (κ1) is 12.2. The summed E-state index contributed by atoms with van der Waals surface area (Å²) in [6.07, 6.45) is 2.35. The molecule has 0 aromatic heterocycles. The molecular weight excluding hydrogens is 240 g/mol. The fourth-order valence-electron chi connectivity index (χ4n) is 3.09. The second-order valence-electron chi connectivity index (χ2n) is 5.34. The number of nitrogens with zero attached hydrogens (tertiary/aromatic N) is 2. The maximum absolute atomic E-state index is 12.5. The minimum atomic E-state index is -0.343. The van der Waals surface area contributed by atoms with Crippen LogP contribution in [-0.4, -0.2) is 47.3 Å². The lowest BCUT2D eigenvalue weighted by molar-refractivity contribution is -0.157. The van der Waals surface area contributed by atoms with Crippen LogP contribution in [0, 0.1) is 0 Å². The van der Waals surface area contributed by atoms with Crippen LogP contribution in [0.15, 0.2) is 30.3 Å². The average molecular weight is 258 g/mol. The molecular formula is C15H18N2O2. The SMILES string of the molecule is CN1C(=O)[C@@H]2CCCN2C(=O)[C@H]1Cc1ccccc1. The van der Waals surface area contributed by atoms with Gasteiger partial charge in [0.05, 0.1) is 0 Å². The summed E-state index contributed by atoms with van der Waals surface area (Å²) in [7, 11) is 1.75. The van der Waals surface area contributed by atoms with E-state index < -0.39 is 0 Å². The van der Waals surface area contributed by atoms with Crippen molar-refractivity contribution in [1.29, 1.82) is 0 Å². The van der Waals surface area contributed by atoms with Gasteiger partial charge in [-0.15, -0.1) is 0 Å². The zero-order valence-electron chi connectivity index (χ0n) is 11.1. The predicted molar refractivity (Wildman–Crippen MR) is 71.4 cm³/mol. The second-order valence-corrected chi connectivity index (χ2v) is 5.34. The molecule has 0 saturated carbocycles. The van der Waals surface area contributed by atoms with Gasteiger partial charge in [-0.3, -0.25) is 9.59 Å². The van der Waals surface area contributed by atoms with Crippen LogP contribution >= 0.6 is 0 Å². The molecule has 0 aliphatic carbocycles. The van der Waals surface area contributed by atoms with E-state index in [1.165, 1.54) is 0 Å². The smallest absolute Gasteiger partial charge is 0.246 e. The molecule has 100 valence electrons. The Morgan fingerprint density at radius 3 is 2.63 bits per heavy atom. The molecule has 4 heteroatoms. The van der Waals surface area contributed by atoms with Crippen LogP contribution in [0.3, 0.4) is 0 Å². The number of carbonyl (C=O) groups excluding carboxylic acids is 2. The Labute approximate surface area is 113 Å². The van der Waals surface area contributed by atoms with E-state index >= 15 is 0 Å². The van der Waals surface area contributed by atoms with E-state index in [4.69, 9.17) is 0 Å². The van der Waals surface area contributed by atoms with Crippen LogP contribution in [0.2, 0.25) is 0 Å². The van der Waals surface area contributed by atoms with Gasteiger partial charge in [-0.25, -0.2) is 0 Å². The lowest BCUT2D eigenvalue weighted by Gasteiger charge is -2.40. The molecule has 4 nitrogen and oxygen atoms in total. The Morgan fingerprint density at radius 1 is 1.16 bits per heavy atom. The molecule has 2 aliphatic heterocycles. The summed E-state index contributed by atoms with van der Waals surface area (Å²) in [5.41, 5.74) is 1.10. The fourth-order valence-corrected chi connectivity index (χ4v) is 3.09. The number of fused-ring (bicyclic) bond motifs is 1. The van der Waals surface area contributed by atoms with Crippen molar-refractivity contribution in [3.05, 3.63) is 35.9 Å². The van der Waals surface area contributed by atoms with E-state index in [1.807, 2.05) is 30.3 Å². The third-order valence-corrected chi connectivity index (χ3v) is 4.19. The number of hydrogen-bond acceptors (Lipinski definition) is 2. The summed E-state index contributed by atoms with van der Waals surface area (Å²) < 4.78 is 0. The highest BCUT2D eigenvalue weighted by molar-refractivity contribution is 5.97. The van der Waals surface area contributed by atoms with E-state index in [0.717, 1.165) is 24.9 Å². The number of likely N-dealkylation sites (N-methyl/N-ethyl adjacent to an activating group) is 1. The second kappa shape index (κ2) is 4.68. The summed E-state index contributed by atoms with van der Waals surface area (Å²) in [6.45, 7) is 0.731. The maximum Gasteiger partial charge on any atom is 0.246 e. The van der Waals surface area contributed by atoms with Crippen LogP contribution < -0.4 is 0 Å². The van der Waals surface area contributed by atoms with E-state index in [2.05, 4.69) is 0 Å². The first-order valence-corrected chi connectivity index (χ1v) is 6.79. The van der Waals surface area contributed by atoms with Crippen LogP contribution in [0.1, 0.15) is 18.4 Å². The van der Waals surface area contributed by atoms with Gasteiger partial charge in [0.25, 0.3) is 0 Å². The molecule has 0 radical (unpaired) electrons. The van der Waals surface area contributed by atoms with Gasteiger partial charge in [-0.05, 0) is 18.4 Å². The van der Waals surface area contributed by atoms with Crippen LogP contribution in [0.4, 0.5) is 0 Å². The highest BCUT2D eigenvalue weighted by Gasteiger charge is 2.45. The number of carbonyl (C=O) groups is 2. The van der Waals surface area contributed by atoms with E-state index in [-0.39, 0.29) is 23.9 Å². The first-order chi connectivity index (χ1) is 9.18. The van der Waals surface area contributed by atoms with Gasteiger partial charge in [-0.2, -0.15) is 0 Å². The highest BCUT2D eigenvalue weighted by atomic mass is 16.2. The minimum Gasteiger partial charge on any atom is -0.332 e. The standard InChI is InChI=1S/C15H18N2O2/c1-16-13(10-11-6-3-2-4-7-11)15(19)17-9-5-8-12(17)14(16)18/h2-4,6-7,12-13H,5,8-10H2,1H3/t12-,13+/m0/s1. The van der Waals surface area contributed by atoms with Crippen molar-refractivity contribution in [1.82, 2.24) is 9.80 Å². The molecule has 0 unspecified atom stereocenters. The van der Waals surface area contributed by atoms with Crippen LogP contribution in [0.25, 0.3) is 0 Å². The lowest BCUT2D eigenvalue weighted by atomic mass is 9.99. The van der Waals surface area contributed by atoms with Crippen molar-refractivity contribution in [2.24, 2.45) is 0 Å². The van der Waals surface area contributed by atoms with Crippen LogP contribution in [-0.2, 0) is 16.0 Å². The van der Waals surface area contributed by atoms with Crippen molar-refractivity contribution in [2.75, 3.05) is 13.6 Å². The summed E-state index contributed by atoms with van der Waals surface area (Å²) in [4.78, 5) is 28.2. The molecule has 2 aliphatic rings.